The molecule has 1 nitrogen and oxygen atoms in total. The maximum atomic E-state index is 4.43. The van der Waals surface area contributed by atoms with Gasteiger partial charge in [0.15, 0.2) is 0 Å². The Kier molecular flexibility index (Phi) is 9.29. The molecule has 0 radical (unpaired) electrons. The Bertz CT molecular complexity index is 108. The molecule has 0 heterocycles. The number of rotatable bonds is 6. The van der Waals surface area contributed by atoms with E-state index < -0.39 is 0 Å². The molecule has 58 valence electrons. The molecule has 0 aliphatic carbocycles. The van der Waals surface area contributed by atoms with Crippen LogP contribution in [-0.4, -0.2) is 23.2 Å². The molecule has 0 fully saturated rings. The van der Waals surface area contributed by atoms with Gasteiger partial charge in [-0.1, -0.05) is 6.92 Å². The number of unbranched alkanes of at least 4 members (excludes halogenated alkanes) is 1. The van der Waals surface area contributed by atoms with Crippen molar-refractivity contribution in [1.29, 1.82) is 0 Å². The average molecular weight is 175 g/mol. The molecule has 0 saturated carbocycles. The van der Waals surface area contributed by atoms with Crippen molar-refractivity contribution in [2.45, 2.75) is 19.8 Å². The van der Waals surface area contributed by atoms with Gasteiger partial charge in [0.2, 0.25) is 0 Å². The van der Waals surface area contributed by atoms with Gasteiger partial charge in [0, 0.05) is 6.54 Å². The van der Waals surface area contributed by atoms with Gasteiger partial charge in [-0.15, -0.1) is 0 Å². The summed E-state index contributed by atoms with van der Waals surface area (Å²) in [7, 11) is 0. The molecule has 0 aliphatic rings. The van der Waals surface area contributed by atoms with Crippen LogP contribution in [0.3, 0.4) is 0 Å². The van der Waals surface area contributed by atoms with Crippen LogP contribution in [0.2, 0.25) is 0 Å². The zero-order valence-corrected chi connectivity index (χ0v) is 7.93. The van der Waals surface area contributed by atoms with E-state index in [0.717, 1.165) is 13.0 Å². The van der Waals surface area contributed by atoms with E-state index >= 15 is 0 Å². The van der Waals surface area contributed by atoms with Crippen LogP contribution in [0, 0.1) is 0 Å². The van der Waals surface area contributed by atoms with Crippen LogP contribution < -0.4 is 0 Å². The van der Waals surface area contributed by atoms with E-state index in [1.807, 2.05) is 11.8 Å². The van der Waals surface area contributed by atoms with Gasteiger partial charge >= 0.3 is 0 Å². The molecule has 0 rings (SSSR count). The highest BCUT2D eigenvalue weighted by molar-refractivity contribution is 7.99. The van der Waals surface area contributed by atoms with E-state index in [0.29, 0.717) is 0 Å². The molecule has 10 heavy (non-hydrogen) atoms. The highest BCUT2D eigenvalue weighted by atomic mass is 32.2. The number of nitrogens with zero attached hydrogens (tertiary/aromatic N) is 1. The number of thiocarbonyl (C=S) groups is 1. The summed E-state index contributed by atoms with van der Waals surface area (Å²) < 4.78 is 0. The Morgan fingerprint density at radius 1 is 1.50 bits per heavy atom. The van der Waals surface area contributed by atoms with Gasteiger partial charge in [0.25, 0.3) is 0 Å². The molecule has 0 bridgehead atoms. The van der Waals surface area contributed by atoms with Crippen molar-refractivity contribution < 1.29 is 0 Å². The quantitative estimate of drug-likeness (QED) is 0.349. The van der Waals surface area contributed by atoms with E-state index in [1.54, 1.807) is 0 Å². The van der Waals surface area contributed by atoms with Gasteiger partial charge in [-0.3, -0.25) is 0 Å². The zero-order valence-electron chi connectivity index (χ0n) is 6.30. The number of thioether (sulfide) groups is 1. The van der Waals surface area contributed by atoms with Crippen molar-refractivity contribution in [3.8, 4) is 0 Å². The molecule has 0 aromatic heterocycles. The summed E-state index contributed by atoms with van der Waals surface area (Å²) in [5.41, 5.74) is 0. The second-order valence-corrected chi connectivity index (χ2v) is 3.45. The smallest absolute Gasteiger partial charge is 0.0584 e. The molecule has 3 heteroatoms. The second kappa shape index (κ2) is 9.15. The first-order chi connectivity index (χ1) is 4.91. The fourth-order valence-corrected chi connectivity index (χ4v) is 1.37. The summed E-state index contributed by atoms with van der Waals surface area (Å²) in [5.74, 6) is 2.47. The van der Waals surface area contributed by atoms with Crippen molar-refractivity contribution in [3.63, 3.8) is 0 Å². The van der Waals surface area contributed by atoms with Crippen LogP contribution in [0.4, 0.5) is 0 Å². The predicted molar refractivity (Wildman–Crippen MR) is 52.1 cm³/mol. The Morgan fingerprint density at radius 2 is 2.30 bits per heavy atom. The van der Waals surface area contributed by atoms with E-state index in [9.17, 15) is 0 Å². The Hall–Kier alpha value is 0.150. The Labute approximate surface area is 72.3 Å². The summed E-state index contributed by atoms with van der Waals surface area (Å²) in [4.78, 5) is 3.82. The van der Waals surface area contributed by atoms with Crippen LogP contribution in [0.15, 0.2) is 4.99 Å². The third kappa shape index (κ3) is 8.15. The summed E-state index contributed by atoms with van der Waals surface area (Å²) in [6, 6.07) is 0. The van der Waals surface area contributed by atoms with Crippen LogP contribution in [0.25, 0.3) is 0 Å². The number of hydrogen-bond donors (Lipinski definition) is 0. The molecule has 0 saturated heterocycles. The largest absolute Gasteiger partial charge is 0.233 e. The van der Waals surface area contributed by atoms with E-state index in [2.05, 4.69) is 29.3 Å². The Balaban J connectivity index is 2.83. The molecule has 0 amide bonds. The minimum atomic E-state index is 0.855. The lowest BCUT2D eigenvalue weighted by atomic mass is 10.3. The van der Waals surface area contributed by atoms with Crippen LogP contribution in [0.1, 0.15) is 19.8 Å². The summed E-state index contributed by atoms with van der Waals surface area (Å²) in [6.45, 7) is 3.04. The lowest BCUT2D eigenvalue weighted by molar-refractivity contribution is 0.819. The summed E-state index contributed by atoms with van der Waals surface area (Å²) in [6.07, 6.45) is 2.40. The molecule has 0 N–H and O–H groups in total. The zero-order chi connectivity index (χ0) is 7.66. The Morgan fingerprint density at radius 3 is 2.90 bits per heavy atom. The molecular weight excluding hydrogens is 162 g/mol. The fraction of sp³-hybridized carbons (Fsp3) is 0.857. The highest BCUT2D eigenvalue weighted by Gasteiger charge is 1.85. The van der Waals surface area contributed by atoms with Crippen molar-refractivity contribution in [1.82, 2.24) is 0 Å². The molecule has 0 aromatic carbocycles. The molecule has 0 spiro atoms. The molecule has 0 aromatic rings. The van der Waals surface area contributed by atoms with Crippen molar-refractivity contribution >= 4 is 29.1 Å². The van der Waals surface area contributed by atoms with Gasteiger partial charge in [-0.05, 0) is 36.6 Å². The normalized spacial score (nSPS) is 8.90. The third-order valence-electron chi connectivity index (χ3n) is 1.08. The van der Waals surface area contributed by atoms with Crippen LogP contribution in [-0.2, 0) is 0 Å². The lowest BCUT2D eigenvalue weighted by Crippen LogP contribution is -1.84. The monoisotopic (exact) mass is 175 g/mol. The van der Waals surface area contributed by atoms with E-state index in [1.165, 1.54) is 17.9 Å². The highest BCUT2D eigenvalue weighted by Crippen LogP contribution is 2.02. The SMILES string of the molecule is CCSCCCCN=C=S. The summed E-state index contributed by atoms with van der Waals surface area (Å²) in [5, 5.41) is 2.36. The fourth-order valence-electron chi connectivity index (χ4n) is 0.585. The van der Waals surface area contributed by atoms with E-state index in [-0.39, 0.29) is 0 Å². The van der Waals surface area contributed by atoms with Crippen molar-refractivity contribution in [3.05, 3.63) is 0 Å². The van der Waals surface area contributed by atoms with Crippen LogP contribution in [0.5, 0.6) is 0 Å². The topological polar surface area (TPSA) is 12.4 Å². The molecule has 0 unspecified atom stereocenters. The first kappa shape index (κ1) is 10.2. The molecule has 0 aliphatic heterocycles. The van der Waals surface area contributed by atoms with Gasteiger partial charge in [0.1, 0.15) is 0 Å². The molecule has 0 atom stereocenters. The van der Waals surface area contributed by atoms with Gasteiger partial charge in [0.05, 0.1) is 5.16 Å². The third-order valence-corrected chi connectivity index (χ3v) is 2.19. The van der Waals surface area contributed by atoms with Gasteiger partial charge in [-0.25, -0.2) is 4.99 Å². The summed E-state index contributed by atoms with van der Waals surface area (Å²) >= 11 is 6.41. The average Bonchev–Trinajstić information content (AvgIpc) is 1.97. The second-order valence-electron chi connectivity index (χ2n) is 1.88. The number of isothiocyanates is 1. The van der Waals surface area contributed by atoms with Crippen molar-refractivity contribution in [2.75, 3.05) is 18.1 Å². The minimum Gasteiger partial charge on any atom is -0.233 e. The number of aliphatic imine (C=N–C) groups is 1. The van der Waals surface area contributed by atoms with E-state index in [4.69, 9.17) is 0 Å². The van der Waals surface area contributed by atoms with Gasteiger partial charge in [-0.2, -0.15) is 11.8 Å². The lowest BCUT2D eigenvalue weighted by Gasteiger charge is -1.94. The number of hydrogen-bond acceptors (Lipinski definition) is 3. The van der Waals surface area contributed by atoms with Crippen molar-refractivity contribution in [2.24, 2.45) is 4.99 Å². The molecular formula is C7H13NS2. The standard InChI is InChI=1S/C7H13NS2/c1-2-10-6-4-3-5-8-7-9/h2-6H2,1H3. The maximum Gasteiger partial charge on any atom is 0.0584 e. The maximum absolute atomic E-state index is 4.43. The van der Waals surface area contributed by atoms with Crippen LogP contribution >= 0.6 is 24.0 Å². The van der Waals surface area contributed by atoms with Gasteiger partial charge < -0.3 is 0 Å². The predicted octanol–water partition coefficient (Wildman–Crippen LogP) is 2.62. The first-order valence-corrected chi connectivity index (χ1v) is 5.09. The minimum absolute atomic E-state index is 0.855. The first-order valence-electron chi connectivity index (χ1n) is 3.53.